The summed E-state index contributed by atoms with van der Waals surface area (Å²) in [6, 6.07) is 3.00. The van der Waals surface area contributed by atoms with Gasteiger partial charge >= 0.3 is 12.0 Å². The average molecular weight is 311 g/mol. The van der Waals surface area contributed by atoms with Crippen LogP contribution in [0.2, 0.25) is 5.02 Å². The third-order valence-electron chi connectivity index (χ3n) is 2.50. The molecule has 21 heavy (non-hydrogen) atoms. The van der Waals surface area contributed by atoms with Gasteiger partial charge in [0.25, 0.3) is 0 Å². The van der Waals surface area contributed by atoms with Gasteiger partial charge in [-0.15, -0.1) is 10.2 Å². The molecule has 2 aromatic rings. The number of anilines is 1. The molecule has 2 rings (SSSR count). The summed E-state index contributed by atoms with van der Waals surface area (Å²) in [6.07, 6.45) is 0. The number of carboxylic acid groups (broad SMARTS) is 1. The van der Waals surface area contributed by atoms with Crippen molar-refractivity contribution in [2.24, 2.45) is 0 Å². The standard InChI is InChI=1S/C11H11ClN6O3/c1-5(9-15-17-18-16-9)13-11(21)14-8-3-6(10(19)20)2-7(12)4-8/h2-5H,1H3,(H,19,20)(H2,13,14,21)(H,15,16,17,18). The number of halogens is 1. The van der Waals surface area contributed by atoms with Gasteiger partial charge in [-0.25, -0.2) is 9.59 Å². The molecule has 0 bridgehead atoms. The third-order valence-corrected chi connectivity index (χ3v) is 2.72. The van der Waals surface area contributed by atoms with E-state index in [1.807, 2.05) is 0 Å². The molecule has 1 aromatic carbocycles. The van der Waals surface area contributed by atoms with Gasteiger partial charge in [-0.1, -0.05) is 16.8 Å². The van der Waals surface area contributed by atoms with Crippen LogP contribution in [0, 0.1) is 0 Å². The van der Waals surface area contributed by atoms with Gasteiger partial charge in [0.2, 0.25) is 0 Å². The van der Waals surface area contributed by atoms with Gasteiger partial charge in [0, 0.05) is 10.7 Å². The number of nitrogens with zero attached hydrogens (tertiary/aromatic N) is 3. The van der Waals surface area contributed by atoms with Crippen molar-refractivity contribution in [2.45, 2.75) is 13.0 Å². The lowest BCUT2D eigenvalue weighted by Gasteiger charge is -2.12. The van der Waals surface area contributed by atoms with E-state index in [0.29, 0.717) is 5.82 Å². The second kappa shape index (κ2) is 6.18. The minimum atomic E-state index is -1.14. The monoisotopic (exact) mass is 310 g/mol. The van der Waals surface area contributed by atoms with Crippen LogP contribution in [0.15, 0.2) is 18.2 Å². The average Bonchev–Trinajstić information content (AvgIpc) is 2.91. The molecule has 0 spiro atoms. The summed E-state index contributed by atoms with van der Waals surface area (Å²) < 4.78 is 0. The lowest BCUT2D eigenvalue weighted by atomic mass is 10.2. The fourth-order valence-corrected chi connectivity index (χ4v) is 1.80. The van der Waals surface area contributed by atoms with Crippen LogP contribution in [0.3, 0.4) is 0 Å². The van der Waals surface area contributed by atoms with Crippen LogP contribution < -0.4 is 10.6 Å². The first-order valence-electron chi connectivity index (χ1n) is 5.80. The molecule has 2 amide bonds. The van der Waals surface area contributed by atoms with E-state index in [2.05, 4.69) is 31.3 Å². The lowest BCUT2D eigenvalue weighted by Crippen LogP contribution is -2.31. The molecular formula is C11H11ClN6O3. The highest BCUT2D eigenvalue weighted by Crippen LogP contribution is 2.19. The Morgan fingerprint density at radius 1 is 1.38 bits per heavy atom. The van der Waals surface area contributed by atoms with Crippen molar-refractivity contribution in [1.82, 2.24) is 25.9 Å². The molecule has 0 fully saturated rings. The molecule has 110 valence electrons. The number of nitrogens with one attached hydrogen (secondary N) is 3. The topological polar surface area (TPSA) is 133 Å². The summed E-state index contributed by atoms with van der Waals surface area (Å²) in [5, 5.41) is 27.3. The van der Waals surface area contributed by atoms with Crippen LogP contribution >= 0.6 is 11.6 Å². The molecule has 9 nitrogen and oxygen atoms in total. The number of H-pyrrole nitrogens is 1. The maximum Gasteiger partial charge on any atom is 0.335 e. The van der Waals surface area contributed by atoms with Crippen molar-refractivity contribution in [3.05, 3.63) is 34.6 Å². The first kappa shape index (κ1) is 14.7. The number of amides is 2. The van der Waals surface area contributed by atoms with Crippen LogP contribution in [0.1, 0.15) is 29.1 Å². The Labute approximate surface area is 123 Å². The maximum atomic E-state index is 11.8. The van der Waals surface area contributed by atoms with Crippen LogP contribution in [-0.2, 0) is 0 Å². The molecule has 0 aliphatic heterocycles. The zero-order valence-electron chi connectivity index (χ0n) is 10.8. The molecule has 10 heteroatoms. The van der Waals surface area contributed by atoms with Gasteiger partial charge in [0.1, 0.15) is 0 Å². The van der Waals surface area contributed by atoms with Crippen molar-refractivity contribution in [2.75, 3.05) is 5.32 Å². The Morgan fingerprint density at radius 2 is 2.14 bits per heavy atom. The van der Waals surface area contributed by atoms with E-state index >= 15 is 0 Å². The van der Waals surface area contributed by atoms with Crippen molar-refractivity contribution in [3.8, 4) is 0 Å². The number of rotatable bonds is 4. The number of aromatic nitrogens is 4. The summed E-state index contributed by atoms with van der Waals surface area (Å²) in [6.45, 7) is 1.67. The number of carboxylic acids is 1. The molecular weight excluding hydrogens is 300 g/mol. The molecule has 1 unspecified atom stereocenters. The second-order valence-corrected chi connectivity index (χ2v) is 4.56. The SMILES string of the molecule is CC(NC(=O)Nc1cc(Cl)cc(C(=O)O)c1)c1nn[nH]n1. The number of carbonyl (C=O) groups is 2. The number of hydrogen-bond acceptors (Lipinski definition) is 5. The van der Waals surface area contributed by atoms with E-state index in [1.165, 1.54) is 18.2 Å². The summed E-state index contributed by atoms with van der Waals surface area (Å²) in [4.78, 5) is 22.7. The first-order chi connectivity index (χ1) is 9.95. The lowest BCUT2D eigenvalue weighted by molar-refractivity contribution is 0.0697. The van der Waals surface area contributed by atoms with E-state index in [-0.39, 0.29) is 16.3 Å². The predicted octanol–water partition coefficient (Wildman–Crippen LogP) is 1.43. The second-order valence-electron chi connectivity index (χ2n) is 4.12. The largest absolute Gasteiger partial charge is 0.478 e. The van der Waals surface area contributed by atoms with Gasteiger partial charge in [-0.2, -0.15) is 5.21 Å². The number of benzene rings is 1. The van der Waals surface area contributed by atoms with Gasteiger partial charge in [-0.05, 0) is 25.1 Å². The highest BCUT2D eigenvalue weighted by Gasteiger charge is 2.14. The summed E-state index contributed by atoms with van der Waals surface area (Å²) in [5.41, 5.74) is 0.238. The van der Waals surface area contributed by atoms with Gasteiger partial charge < -0.3 is 15.7 Å². The number of aromatic amines is 1. The first-order valence-corrected chi connectivity index (χ1v) is 6.18. The number of hydrogen-bond donors (Lipinski definition) is 4. The smallest absolute Gasteiger partial charge is 0.335 e. The fourth-order valence-electron chi connectivity index (χ4n) is 1.57. The summed E-state index contributed by atoms with van der Waals surface area (Å²) >= 11 is 5.80. The molecule has 1 aromatic heterocycles. The Kier molecular flexibility index (Phi) is 4.33. The number of carbonyl (C=O) groups excluding carboxylic acids is 1. The van der Waals surface area contributed by atoms with Gasteiger partial charge in [0.15, 0.2) is 5.82 Å². The Bertz CT molecular complexity index is 660. The number of urea groups is 1. The molecule has 0 saturated heterocycles. The zero-order valence-corrected chi connectivity index (χ0v) is 11.5. The maximum absolute atomic E-state index is 11.8. The molecule has 0 radical (unpaired) electrons. The van der Waals surface area contributed by atoms with E-state index in [4.69, 9.17) is 16.7 Å². The molecule has 4 N–H and O–H groups in total. The van der Waals surface area contributed by atoms with Crippen molar-refractivity contribution < 1.29 is 14.7 Å². The number of aromatic carboxylic acids is 1. The number of tetrazole rings is 1. The van der Waals surface area contributed by atoms with Crippen LogP contribution in [0.25, 0.3) is 0 Å². The quantitative estimate of drug-likeness (QED) is 0.675. The van der Waals surface area contributed by atoms with Crippen molar-refractivity contribution in [1.29, 1.82) is 0 Å². The van der Waals surface area contributed by atoms with Crippen LogP contribution in [-0.4, -0.2) is 37.7 Å². The predicted molar refractivity (Wildman–Crippen MR) is 73.2 cm³/mol. The molecule has 1 heterocycles. The Morgan fingerprint density at radius 3 is 2.76 bits per heavy atom. The zero-order chi connectivity index (χ0) is 15.4. The Balaban J connectivity index is 2.04. The van der Waals surface area contributed by atoms with Crippen LogP contribution in [0.5, 0.6) is 0 Å². The minimum absolute atomic E-state index is 0.0241. The van der Waals surface area contributed by atoms with Crippen molar-refractivity contribution >= 4 is 29.3 Å². The molecule has 0 aliphatic rings. The normalized spacial score (nSPS) is 11.7. The summed E-state index contributed by atoms with van der Waals surface area (Å²) in [7, 11) is 0. The van der Waals surface area contributed by atoms with Gasteiger partial charge in [-0.3, -0.25) is 0 Å². The summed E-state index contributed by atoms with van der Waals surface area (Å²) in [5.74, 6) is -0.816. The highest BCUT2D eigenvalue weighted by atomic mass is 35.5. The highest BCUT2D eigenvalue weighted by molar-refractivity contribution is 6.31. The molecule has 0 saturated carbocycles. The molecule has 0 aliphatic carbocycles. The third kappa shape index (κ3) is 3.89. The van der Waals surface area contributed by atoms with Gasteiger partial charge in [0.05, 0.1) is 11.6 Å². The minimum Gasteiger partial charge on any atom is -0.478 e. The molecule has 1 atom stereocenters. The van der Waals surface area contributed by atoms with Crippen LogP contribution in [0.4, 0.5) is 10.5 Å². The van der Waals surface area contributed by atoms with E-state index in [1.54, 1.807) is 6.92 Å². The van der Waals surface area contributed by atoms with Crippen molar-refractivity contribution in [3.63, 3.8) is 0 Å². The van der Waals surface area contributed by atoms with E-state index in [9.17, 15) is 9.59 Å². The van der Waals surface area contributed by atoms with E-state index in [0.717, 1.165) is 0 Å². The fraction of sp³-hybridized carbons (Fsp3) is 0.182. The Hall–Kier alpha value is -2.68. The van der Waals surface area contributed by atoms with E-state index < -0.39 is 18.0 Å².